The van der Waals surface area contributed by atoms with Gasteiger partial charge in [0.1, 0.15) is 19.0 Å². The zero-order valence-electron chi connectivity index (χ0n) is 16.0. The fourth-order valence-corrected chi connectivity index (χ4v) is 3.18. The van der Waals surface area contributed by atoms with Crippen LogP contribution in [0.1, 0.15) is 30.5 Å². The lowest BCUT2D eigenvalue weighted by atomic mass is 9.99. The number of amides is 2. The Morgan fingerprint density at radius 2 is 1.93 bits per heavy atom. The molecule has 0 saturated carbocycles. The Balaban J connectivity index is 1.49. The number of carbonyl (C=O) groups excluding carboxylic acids is 2. The van der Waals surface area contributed by atoms with Crippen LogP contribution in [-0.2, 0) is 20.7 Å². The van der Waals surface area contributed by atoms with Gasteiger partial charge in [0, 0.05) is 0 Å². The van der Waals surface area contributed by atoms with E-state index in [-0.39, 0.29) is 18.4 Å². The van der Waals surface area contributed by atoms with Crippen LogP contribution in [0.5, 0.6) is 5.75 Å². The molecule has 1 aliphatic heterocycles. The fraction of sp³-hybridized carbons (Fsp3) is 0.364. The van der Waals surface area contributed by atoms with Gasteiger partial charge in [0.15, 0.2) is 6.10 Å². The van der Waals surface area contributed by atoms with Gasteiger partial charge in [-0.05, 0) is 29.7 Å². The van der Waals surface area contributed by atoms with Crippen LogP contribution < -0.4 is 15.4 Å². The normalized spacial score (nSPS) is 19.0. The molecule has 2 N–H and O–H groups in total. The summed E-state index contributed by atoms with van der Waals surface area (Å²) in [6.45, 7) is 2.73. The molecule has 0 aliphatic carbocycles. The molecule has 0 spiro atoms. The number of carbonyl (C=O) groups is 2. The molecule has 3 rings (SSSR count). The van der Waals surface area contributed by atoms with Crippen LogP contribution in [0.3, 0.4) is 0 Å². The molecule has 28 heavy (non-hydrogen) atoms. The Hall–Kier alpha value is -2.86. The molecule has 0 bridgehead atoms. The molecule has 2 aromatic rings. The molecule has 2 amide bonds. The van der Waals surface area contributed by atoms with Crippen LogP contribution in [0.25, 0.3) is 0 Å². The quantitative estimate of drug-likeness (QED) is 0.688. The predicted molar refractivity (Wildman–Crippen MR) is 106 cm³/mol. The predicted octanol–water partition coefficient (Wildman–Crippen LogP) is 2.39. The topological polar surface area (TPSA) is 76.7 Å². The van der Waals surface area contributed by atoms with E-state index in [1.54, 1.807) is 0 Å². The Bertz CT molecular complexity index is 777. The van der Waals surface area contributed by atoms with Crippen LogP contribution >= 0.6 is 0 Å². The maximum Gasteiger partial charge on any atom is 0.251 e. The highest BCUT2D eigenvalue weighted by molar-refractivity contribution is 5.86. The third kappa shape index (κ3) is 5.33. The lowest BCUT2D eigenvalue weighted by Gasteiger charge is -2.31. The number of benzene rings is 2. The largest absolute Gasteiger partial charge is 0.492 e. The summed E-state index contributed by atoms with van der Waals surface area (Å²) in [6, 6.07) is 16.8. The van der Waals surface area contributed by atoms with Crippen molar-refractivity contribution in [3.63, 3.8) is 0 Å². The summed E-state index contributed by atoms with van der Waals surface area (Å²) >= 11 is 0. The van der Waals surface area contributed by atoms with Gasteiger partial charge in [0.25, 0.3) is 5.91 Å². The van der Waals surface area contributed by atoms with E-state index in [2.05, 4.69) is 29.7 Å². The summed E-state index contributed by atoms with van der Waals surface area (Å²) in [6.07, 6.45) is 1.39. The van der Waals surface area contributed by atoms with E-state index in [9.17, 15) is 9.59 Å². The highest BCUT2D eigenvalue weighted by Gasteiger charge is 2.35. The first-order valence-electron chi connectivity index (χ1n) is 9.62. The lowest BCUT2D eigenvalue weighted by Crippen LogP contribution is -2.52. The van der Waals surface area contributed by atoms with Crippen LogP contribution in [0.2, 0.25) is 0 Å². The van der Waals surface area contributed by atoms with Gasteiger partial charge in [-0.25, -0.2) is 0 Å². The van der Waals surface area contributed by atoms with Crippen molar-refractivity contribution in [3.05, 3.63) is 65.7 Å². The lowest BCUT2D eigenvalue weighted by molar-refractivity contribution is -0.148. The minimum absolute atomic E-state index is 0.123. The van der Waals surface area contributed by atoms with Crippen LogP contribution in [0.15, 0.2) is 54.6 Å². The smallest absolute Gasteiger partial charge is 0.251 e. The Labute approximate surface area is 165 Å². The van der Waals surface area contributed by atoms with Gasteiger partial charge in [0.2, 0.25) is 5.91 Å². The minimum Gasteiger partial charge on any atom is -0.492 e. The van der Waals surface area contributed by atoms with Crippen molar-refractivity contribution in [1.82, 2.24) is 10.6 Å². The molecule has 2 atom stereocenters. The van der Waals surface area contributed by atoms with Gasteiger partial charge in [-0.2, -0.15) is 0 Å². The standard InChI is InChI=1S/C22H26N2O4/c1-2-6-16-9-11-18(12-10-16)27-14-13-23-22(26)21-20(24-19(25)15-28-21)17-7-4-3-5-8-17/h3-5,7-12,20-21H,2,6,13-15H2,1H3,(H,23,26)(H,24,25). The van der Waals surface area contributed by atoms with Crippen molar-refractivity contribution in [2.75, 3.05) is 19.8 Å². The molecule has 0 aromatic heterocycles. The molecule has 148 valence electrons. The second-order valence-corrected chi connectivity index (χ2v) is 6.72. The van der Waals surface area contributed by atoms with E-state index in [0.29, 0.717) is 13.2 Å². The minimum atomic E-state index is -0.770. The molecule has 1 saturated heterocycles. The second-order valence-electron chi connectivity index (χ2n) is 6.72. The van der Waals surface area contributed by atoms with Crippen molar-refractivity contribution in [3.8, 4) is 5.75 Å². The maximum atomic E-state index is 12.6. The molecule has 1 heterocycles. The summed E-state index contributed by atoms with van der Waals surface area (Å²) in [5, 5.41) is 5.67. The van der Waals surface area contributed by atoms with Crippen LogP contribution in [-0.4, -0.2) is 37.7 Å². The summed E-state index contributed by atoms with van der Waals surface area (Å²) in [4.78, 5) is 24.3. The van der Waals surface area contributed by atoms with Gasteiger partial charge >= 0.3 is 0 Å². The maximum absolute atomic E-state index is 12.6. The van der Waals surface area contributed by atoms with Crippen molar-refractivity contribution in [2.45, 2.75) is 31.9 Å². The van der Waals surface area contributed by atoms with E-state index in [1.807, 2.05) is 42.5 Å². The first-order valence-corrected chi connectivity index (χ1v) is 9.62. The third-order valence-electron chi connectivity index (χ3n) is 4.56. The molecule has 6 heteroatoms. The van der Waals surface area contributed by atoms with Crippen molar-refractivity contribution < 1.29 is 19.1 Å². The summed E-state index contributed by atoms with van der Waals surface area (Å²) < 4.78 is 11.2. The number of aryl methyl sites for hydroxylation is 1. The number of nitrogens with one attached hydrogen (secondary N) is 2. The van der Waals surface area contributed by atoms with Gasteiger partial charge < -0.3 is 20.1 Å². The summed E-state index contributed by atoms with van der Waals surface area (Å²) in [5.41, 5.74) is 2.12. The molecule has 6 nitrogen and oxygen atoms in total. The van der Waals surface area contributed by atoms with Crippen LogP contribution in [0, 0.1) is 0 Å². The monoisotopic (exact) mass is 382 g/mol. The van der Waals surface area contributed by atoms with E-state index < -0.39 is 12.1 Å². The molecular formula is C22H26N2O4. The van der Waals surface area contributed by atoms with Gasteiger partial charge in [-0.1, -0.05) is 55.8 Å². The van der Waals surface area contributed by atoms with E-state index in [4.69, 9.17) is 9.47 Å². The Morgan fingerprint density at radius 3 is 2.64 bits per heavy atom. The molecule has 2 unspecified atom stereocenters. The van der Waals surface area contributed by atoms with E-state index in [1.165, 1.54) is 5.56 Å². The SMILES string of the molecule is CCCc1ccc(OCCNC(=O)C2OCC(=O)NC2c2ccccc2)cc1. The zero-order chi connectivity index (χ0) is 19.8. The molecule has 1 fully saturated rings. The van der Waals surface area contributed by atoms with Crippen LogP contribution in [0.4, 0.5) is 0 Å². The van der Waals surface area contributed by atoms with Crippen molar-refractivity contribution in [2.24, 2.45) is 0 Å². The Morgan fingerprint density at radius 1 is 1.18 bits per heavy atom. The number of morpholine rings is 1. The van der Waals surface area contributed by atoms with E-state index >= 15 is 0 Å². The molecule has 0 radical (unpaired) electrons. The van der Waals surface area contributed by atoms with Crippen molar-refractivity contribution >= 4 is 11.8 Å². The summed E-state index contributed by atoms with van der Waals surface area (Å²) in [7, 11) is 0. The fourth-order valence-electron chi connectivity index (χ4n) is 3.18. The number of hydrogen-bond donors (Lipinski definition) is 2. The molecule has 2 aromatic carbocycles. The summed E-state index contributed by atoms with van der Waals surface area (Å²) in [5.74, 6) is 0.279. The number of hydrogen-bond acceptors (Lipinski definition) is 4. The van der Waals surface area contributed by atoms with Gasteiger partial charge in [0.05, 0.1) is 12.6 Å². The average Bonchev–Trinajstić information content (AvgIpc) is 2.73. The highest BCUT2D eigenvalue weighted by atomic mass is 16.5. The third-order valence-corrected chi connectivity index (χ3v) is 4.56. The molecule has 1 aliphatic rings. The first kappa shape index (κ1) is 19.9. The number of ether oxygens (including phenoxy) is 2. The van der Waals surface area contributed by atoms with Gasteiger partial charge in [-0.15, -0.1) is 0 Å². The van der Waals surface area contributed by atoms with E-state index in [0.717, 1.165) is 24.2 Å². The second kappa shape index (κ2) is 9.90. The van der Waals surface area contributed by atoms with Gasteiger partial charge in [-0.3, -0.25) is 9.59 Å². The number of rotatable bonds is 8. The Kier molecular flexibility index (Phi) is 7.03. The van der Waals surface area contributed by atoms with Crippen molar-refractivity contribution in [1.29, 1.82) is 0 Å². The highest BCUT2D eigenvalue weighted by Crippen LogP contribution is 2.22. The first-order chi connectivity index (χ1) is 13.7. The average molecular weight is 382 g/mol. The zero-order valence-corrected chi connectivity index (χ0v) is 16.0. The molecular weight excluding hydrogens is 356 g/mol.